The van der Waals surface area contributed by atoms with Gasteiger partial charge in [0, 0.05) is 23.0 Å². The van der Waals surface area contributed by atoms with E-state index in [-0.39, 0.29) is 16.4 Å². The van der Waals surface area contributed by atoms with Crippen molar-refractivity contribution in [1.82, 2.24) is 10.3 Å². The molecule has 164 valence electrons. The molecule has 3 aromatic rings. The number of aromatic nitrogens is 1. The minimum Gasteiger partial charge on any atom is -0.492 e. The summed E-state index contributed by atoms with van der Waals surface area (Å²) in [5.74, 6) is 1.44. The van der Waals surface area contributed by atoms with Gasteiger partial charge in [-0.15, -0.1) is 0 Å². The number of anilines is 1. The zero-order valence-electron chi connectivity index (χ0n) is 17.6. The second-order valence-corrected chi connectivity index (χ2v) is 9.59. The second-order valence-electron chi connectivity index (χ2n) is 7.27. The van der Waals surface area contributed by atoms with Crippen molar-refractivity contribution in [2.75, 3.05) is 25.1 Å². The summed E-state index contributed by atoms with van der Waals surface area (Å²) in [6, 6.07) is 22.0. The number of likely N-dealkylation sites (N-methyl/N-ethyl adjacent to an activating group) is 1. The lowest BCUT2D eigenvalue weighted by Gasteiger charge is -2.19. The average Bonchev–Trinajstić information content (AvgIpc) is 3.12. The fourth-order valence-corrected chi connectivity index (χ4v) is 4.89. The number of imide groups is 1. The molecule has 32 heavy (non-hydrogen) atoms. The van der Waals surface area contributed by atoms with Crippen LogP contribution in [0.25, 0.3) is 0 Å². The fourth-order valence-electron chi connectivity index (χ4n) is 3.18. The molecule has 1 aliphatic heterocycles. The Morgan fingerprint density at radius 1 is 1.06 bits per heavy atom. The number of nitrogens with zero attached hydrogens (tertiary/aromatic N) is 2. The lowest BCUT2D eigenvalue weighted by molar-refractivity contribution is -0.118. The van der Waals surface area contributed by atoms with Crippen LogP contribution in [0, 0.1) is 0 Å². The molecule has 0 saturated carbocycles. The molecule has 0 aliphatic carbocycles. The van der Waals surface area contributed by atoms with Crippen LogP contribution in [0.4, 0.5) is 10.6 Å². The molecular weight excluding hydrogens is 442 g/mol. The van der Waals surface area contributed by atoms with Gasteiger partial charge >= 0.3 is 0 Å². The van der Waals surface area contributed by atoms with E-state index in [1.54, 1.807) is 11.8 Å². The van der Waals surface area contributed by atoms with E-state index in [2.05, 4.69) is 33.4 Å². The van der Waals surface area contributed by atoms with Crippen LogP contribution in [0.2, 0.25) is 0 Å². The third-order valence-electron chi connectivity index (χ3n) is 4.89. The van der Waals surface area contributed by atoms with Crippen LogP contribution in [-0.4, -0.2) is 41.6 Å². The fraction of sp³-hybridized carbons (Fsp3) is 0.208. The van der Waals surface area contributed by atoms with E-state index in [1.165, 1.54) is 4.90 Å². The topological polar surface area (TPSA) is 71.5 Å². The molecule has 6 nitrogen and oxygen atoms in total. The van der Waals surface area contributed by atoms with Crippen LogP contribution >= 0.6 is 23.5 Å². The van der Waals surface area contributed by atoms with Gasteiger partial charge in [-0.25, -0.2) is 4.98 Å². The minimum absolute atomic E-state index is 0.219. The summed E-state index contributed by atoms with van der Waals surface area (Å²) in [6.07, 6.45) is 2.35. The number of benzene rings is 2. The Labute approximate surface area is 195 Å². The molecule has 1 aliphatic rings. The van der Waals surface area contributed by atoms with E-state index in [9.17, 15) is 9.59 Å². The Bertz CT molecular complexity index is 1080. The molecule has 1 aromatic heterocycles. The summed E-state index contributed by atoms with van der Waals surface area (Å²) < 4.78 is 5.87. The highest BCUT2D eigenvalue weighted by molar-refractivity contribution is 8.15. The van der Waals surface area contributed by atoms with Crippen LogP contribution in [0.5, 0.6) is 5.75 Å². The van der Waals surface area contributed by atoms with Gasteiger partial charge in [0.2, 0.25) is 5.91 Å². The molecule has 0 radical (unpaired) electrons. The van der Waals surface area contributed by atoms with Crippen molar-refractivity contribution in [1.29, 1.82) is 0 Å². The Balaban J connectivity index is 1.26. The average molecular weight is 466 g/mol. The zero-order valence-corrected chi connectivity index (χ0v) is 19.2. The van der Waals surface area contributed by atoms with Crippen LogP contribution in [0.15, 0.2) is 82.7 Å². The van der Waals surface area contributed by atoms with Gasteiger partial charge in [0.05, 0.1) is 11.8 Å². The predicted molar refractivity (Wildman–Crippen MR) is 129 cm³/mol. The van der Waals surface area contributed by atoms with Crippen LogP contribution in [0.3, 0.4) is 0 Å². The number of thioether (sulfide) groups is 1. The van der Waals surface area contributed by atoms with E-state index in [0.29, 0.717) is 19.6 Å². The number of nitrogens with one attached hydrogen (secondary N) is 1. The van der Waals surface area contributed by atoms with Crippen LogP contribution in [-0.2, 0) is 11.2 Å². The van der Waals surface area contributed by atoms with E-state index in [4.69, 9.17) is 4.74 Å². The maximum atomic E-state index is 11.7. The number of pyridine rings is 1. The number of carbonyl (C=O) groups excluding carboxylic acids is 2. The zero-order chi connectivity index (χ0) is 22.3. The summed E-state index contributed by atoms with van der Waals surface area (Å²) >= 11 is 2.75. The maximum absolute atomic E-state index is 11.7. The Morgan fingerprint density at radius 3 is 2.56 bits per heavy atom. The highest BCUT2D eigenvalue weighted by Gasteiger charge is 2.31. The van der Waals surface area contributed by atoms with Gasteiger partial charge in [0.25, 0.3) is 5.24 Å². The Kier molecular flexibility index (Phi) is 7.34. The van der Waals surface area contributed by atoms with E-state index < -0.39 is 0 Å². The quantitative estimate of drug-likeness (QED) is 0.493. The monoisotopic (exact) mass is 465 g/mol. The van der Waals surface area contributed by atoms with Gasteiger partial charge in [-0.2, -0.15) is 0 Å². The Hall–Kier alpha value is -2.97. The molecule has 1 unspecified atom stereocenters. The lowest BCUT2D eigenvalue weighted by atomic mass is 10.1. The molecule has 0 spiro atoms. The normalized spacial score (nSPS) is 15.5. The predicted octanol–water partition coefficient (Wildman–Crippen LogP) is 4.64. The molecular formula is C24H23N3O3S2. The first-order valence-electron chi connectivity index (χ1n) is 10.2. The Morgan fingerprint density at radius 2 is 1.84 bits per heavy atom. The van der Waals surface area contributed by atoms with Crippen molar-refractivity contribution < 1.29 is 14.3 Å². The van der Waals surface area contributed by atoms with E-state index >= 15 is 0 Å². The van der Waals surface area contributed by atoms with Gasteiger partial charge in [-0.1, -0.05) is 53.9 Å². The molecule has 8 heteroatoms. The molecule has 1 N–H and O–H groups in total. The van der Waals surface area contributed by atoms with Crippen LogP contribution in [0.1, 0.15) is 5.56 Å². The van der Waals surface area contributed by atoms with Crippen molar-refractivity contribution >= 4 is 40.5 Å². The molecule has 2 amide bonds. The van der Waals surface area contributed by atoms with E-state index in [1.807, 2.05) is 61.8 Å². The smallest absolute Gasteiger partial charge is 0.286 e. The molecule has 2 aromatic carbocycles. The summed E-state index contributed by atoms with van der Waals surface area (Å²) in [6.45, 7) is 1.21. The molecule has 1 fully saturated rings. The van der Waals surface area contributed by atoms with Crippen molar-refractivity contribution in [3.63, 3.8) is 0 Å². The summed E-state index contributed by atoms with van der Waals surface area (Å²) in [4.78, 5) is 31.9. The van der Waals surface area contributed by atoms with Gasteiger partial charge < -0.3 is 9.64 Å². The molecule has 1 saturated heterocycles. The molecule has 1 atom stereocenters. The van der Waals surface area contributed by atoms with Crippen molar-refractivity contribution in [2.24, 2.45) is 0 Å². The molecule has 4 rings (SSSR count). The first kappa shape index (κ1) is 22.2. The van der Waals surface area contributed by atoms with Crippen molar-refractivity contribution in [3.8, 4) is 5.75 Å². The summed E-state index contributed by atoms with van der Waals surface area (Å²) in [5.41, 5.74) is 0.994. The number of hydrogen-bond acceptors (Lipinski definition) is 7. The maximum Gasteiger partial charge on any atom is 0.286 e. The number of hydrogen-bond donors (Lipinski definition) is 1. The highest BCUT2D eigenvalue weighted by atomic mass is 32.2. The lowest BCUT2D eigenvalue weighted by Crippen LogP contribution is -2.25. The van der Waals surface area contributed by atoms with E-state index in [0.717, 1.165) is 33.8 Å². The number of ether oxygens (including phenoxy) is 1. The minimum atomic E-state index is -0.355. The largest absolute Gasteiger partial charge is 0.492 e. The highest BCUT2D eigenvalue weighted by Crippen LogP contribution is 2.29. The number of carbonyl (C=O) groups is 2. The number of rotatable bonds is 9. The second kappa shape index (κ2) is 10.6. The van der Waals surface area contributed by atoms with Crippen molar-refractivity contribution in [2.45, 2.75) is 21.5 Å². The SMILES string of the molecule is CN(CCOc1ccc(CC2SC(=O)NC2=O)cc1)c1cc(Sc2ccccc2)ccn1. The summed E-state index contributed by atoms with van der Waals surface area (Å²) in [5, 5.41) is 1.68. The standard InChI is InChI=1S/C24H23N3O3S2/c1-27(22-16-20(11-12-25-22)31-19-5-3-2-4-6-19)13-14-30-18-9-7-17(8-10-18)15-21-23(28)26-24(29)32-21/h2-12,16,21H,13-15H2,1H3,(H,26,28,29). The van der Waals surface area contributed by atoms with Crippen molar-refractivity contribution in [3.05, 3.63) is 78.5 Å². The van der Waals surface area contributed by atoms with Gasteiger partial charge in [0.15, 0.2) is 0 Å². The molecule has 2 heterocycles. The van der Waals surface area contributed by atoms with Gasteiger partial charge in [-0.3, -0.25) is 14.9 Å². The molecule has 0 bridgehead atoms. The third kappa shape index (κ3) is 6.05. The first-order valence-corrected chi connectivity index (χ1v) is 11.9. The number of amides is 2. The summed E-state index contributed by atoms with van der Waals surface area (Å²) in [7, 11) is 2.00. The first-order chi connectivity index (χ1) is 15.6. The van der Waals surface area contributed by atoms with Crippen LogP contribution < -0.4 is 15.0 Å². The third-order valence-corrected chi connectivity index (χ3v) is 6.87. The van der Waals surface area contributed by atoms with Gasteiger partial charge in [-0.05, 0) is 48.4 Å². The van der Waals surface area contributed by atoms with Gasteiger partial charge in [0.1, 0.15) is 18.2 Å².